The fourth-order valence-electron chi connectivity index (χ4n) is 1.12. The van der Waals surface area contributed by atoms with Gasteiger partial charge in [0.25, 0.3) is 0 Å². The summed E-state index contributed by atoms with van der Waals surface area (Å²) in [7, 11) is -2.98. The van der Waals surface area contributed by atoms with E-state index in [2.05, 4.69) is 0 Å². The molecule has 0 radical (unpaired) electrons. The third kappa shape index (κ3) is 4.66. The van der Waals surface area contributed by atoms with Crippen LogP contribution in [0.2, 0.25) is 0 Å². The molecule has 0 aromatic heterocycles. The molecule has 1 rings (SSSR count). The number of anilines is 1. The average Bonchev–Trinajstić information content (AvgIpc) is 2.18. The van der Waals surface area contributed by atoms with Gasteiger partial charge >= 0.3 is 5.97 Å². The molecular formula is C10H13NO4S2. The van der Waals surface area contributed by atoms with E-state index in [4.69, 9.17) is 10.8 Å². The molecule has 0 spiro atoms. The topological polar surface area (TPSA) is 97.5 Å². The minimum absolute atomic E-state index is 0.0673. The van der Waals surface area contributed by atoms with E-state index in [1.165, 1.54) is 30.2 Å². The predicted octanol–water partition coefficient (Wildman–Crippen LogP) is 1.10. The Hall–Kier alpha value is -1.21. The molecule has 0 saturated heterocycles. The van der Waals surface area contributed by atoms with Crippen molar-refractivity contribution in [3.05, 3.63) is 23.8 Å². The molecule has 0 aliphatic carbocycles. The van der Waals surface area contributed by atoms with Gasteiger partial charge in [0.05, 0.1) is 11.3 Å². The second-order valence-electron chi connectivity index (χ2n) is 3.54. The first-order valence-corrected chi connectivity index (χ1v) is 7.77. The maximum Gasteiger partial charge on any atom is 0.335 e. The Morgan fingerprint density at radius 3 is 2.59 bits per heavy atom. The molecule has 0 bridgehead atoms. The number of nitrogen functional groups attached to an aromatic ring is 1. The minimum atomic E-state index is -2.98. The molecule has 0 amide bonds. The quantitative estimate of drug-likeness (QED) is 0.617. The van der Waals surface area contributed by atoms with Gasteiger partial charge in [0.15, 0.2) is 0 Å². The zero-order chi connectivity index (χ0) is 13.1. The Morgan fingerprint density at radius 2 is 2.12 bits per heavy atom. The number of thioether (sulfide) groups is 1. The molecular weight excluding hydrogens is 262 g/mol. The average molecular weight is 275 g/mol. The molecule has 0 fully saturated rings. The van der Waals surface area contributed by atoms with Gasteiger partial charge in [-0.3, -0.25) is 0 Å². The van der Waals surface area contributed by atoms with Gasteiger partial charge in [-0.05, 0) is 18.2 Å². The first-order chi connectivity index (χ1) is 7.79. The fourth-order valence-corrected chi connectivity index (χ4v) is 3.27. The summed E-state index contributed by atoms with van der Waals surface area (Å²) in [4.78, 5) is 11.4. The van der Waals surface area contributed by atoms with Crippen LogP contribution in [0.1, 0.15) is 10.4 Å². The molecule has 0 aliphatic heterocycles. The maximum atomic E-state index is 10.9. The SMILES string of the molecule is CS(=O)(=O)CCSc1ccc(C(=O)O)cc1N. The molecule has 5 nitrogen and oxygen atoms in total. The lowest BCUT2D eigenvalue weighted by Crippen LogP contribution is -2.05. The third-order valence-electron chi connectivity index (χ3n) is 1.97. The van der Waals surface area contributed by atoms with Crippen LogP contribution in [-0.4, -0.2) is 37.3 Å². The van der Waals surface area contributed by atoms with Gasteiger partial charge in [0.2, 0.25) is 0 Å². The predicted molar refractivity (Wildman–Crippen MR) is 68.2 cm³/mol. The maximum absolute atomic E-state index is 10.9. The van der Waals surface area contributed by atoms with Crippen molar-refractivity contribution in [3.63, 3.8) is 0 Å². The zero-order valence-corrected chi connectivity index (χ0v) is 10.8. The Bertz CT molecular complexity index is 525. The minimum Gasteiger partial charge on any atom is -0.478 e. The Balaban J connectivity index is 2.70. The number of carboxylic acid groups (broad SMARTS) is 1. The van der Waals surface area contributed by atoms with Crippen LogP contribution < -0.4 is 5.73 Å². The van der Waals surface area contributed by atoms with Crippen LogP contribution in [0.15, 0.2) is 23.1 Å². The van der Waals surface area contributed by atoms with Gasteiger partial charge in [0, 0.05) is 22.6 Å². The van der Waals surface area contributed by atoms with E-state index in [0.29, 0.717) is 16.3 Å². The summed E-state index contributed by atoms with van der Waals surface area (Å²) >= 11 is 1.30. The van der Waals surface area contributed by atoms with Crippen LogP contribution in [0.5, 0.6) is 0 Å². The van der Waals surface area contributed by atoms with E-state index < -0.39 is 15.8 Å². The summed E-state index contributed by atoms with van der Waals surface area (Å²) in [6.45, 7) is 0. The van der Waals surface area contributed by atoms with Crippen LogP contribution in [0, 0.1) is 0 Å². The van der Waals surface area contributed by atoms with Crippen molar-refractivity contribution < 1.29 is 18.3 Å². The Morgan fingerprint density at radius 1 is 1.47 bits per heavy atom. The molecule has 0 aliphatic rings. The molecule has 0 heterocycles. The van der Waals surface area contributed by atoms with E-state index in [1.54, 1.807) is 6.07 Å². The molecule has 7 heteroatoms. The number of carboxylic acids is 1. The molecule has 1 aromatic carbocycles. The summed E-state index contributed by atoms with van der Waals surface area (Å²) in [6.07, 6.45) is 1.17. The Kier molecular flexibility index (Phi) is 4.41. The summed E-state index contributed by atoms with van der Waals surface area (Å²) in [5, 5.41) is 8.74. The van der Waals surface area contributed by atoms with E-state index >= 15 is 0 Å². The van der Waals surface area contributed by atoms with Crippen molar-refractivity contribution in [1.82, 2.24) is 0 Å². The number of nitrogens with two attached hydrogens (primary N) is 1. The normalized spacial score (nSPS) is 11.4. The number of aromatic carboxylic acids is 1. The number of sulfone groups is 1. The van der Waals surface area contributed by atoms with Crippen LogP contribution in [0.25, 0.3) is 0 Å². The van der Waals surface area contributed by atoms with E-state index in [-0.39, 0.29) is 11.3 Å². The first-order valence-electron chi connectivity index (χ1n) is 4.73. The number of hydrogen-bond acceptors (Lipinski definition) is 5. The Labute approximate surface area is 104 Å². The van der Waals surface area contributed by atoms with Gasteiger partial charge in [-0.2, -0.15) is 0 Å². The molecule has 17 heavy (non-hydrogen) atoms. The summed E-state index contributed by atoms with van der Waals surface area (Å²) < 4.78 is 21.9. The van der Waals surface area contributed by atoms with Crippen molar-refractivity contribution in [3.8, 4) is 0 Å². The molecule has 94 valence electrons. The van der Waals surface area contributed by atoms with Crippen LogP contribution >= 0.6 is 11.8 Å². The summed E-state index contributed by atoms with van der Waals surface area (Å²) in [5.41, 5.74) is 6.15. The van der Waals surface area contributed by atoms with Crippen LogP contribution in [-0.2, 0) is 9.84 Å². The first kappa shape index (κ1) is 13.9. The van der Waals surface area contributed by atoms with E-state index in [9.17, 15) is 13.2 Å². The zero-order valence-electron chi connectivity index (χ0n) is 9.21. The van der Waals surface area contributed by atoms with Crippen LogP contribution in [0.4, 0.5) is 5.69 Å². The molecule has 0 atom stereocenters. The number of hydrogen-bond donors (Lipinski definition) is 2. The van der Waals surface area contributed by atoms with Crippen molar-refractivity contribution in [2.24, 2.45) is 0 Å². The lowest BCUT2D eigenvalue weighted by molar-refractivity contribution is 0.0697. The second kappa shape index (κ2) is 5.42. The van der Waals surface area contributed by atoms with Crippen molar-refractivity contribution in [2.75, 3.05) is 23.5 Å². The van der Waals surface area contributed by atoms with Gasteiger partial charge in [-0.1, -0.05) is 0 Å². The smallest absolute Gasteiger partial charge is 0.335 e. The van der Waals surface area contributed by atoms with Crippen molar-refractivity contribution in [2.45, 2.75) is 4.90 Å². The second-order valence-corrected chi connectivity index (χ2v) is 6.93. The monoisotopic (exact) mass is 275 g/mol. The molecule has 0 saturated carbocycles. The molecule has 3 N–H and O–H groups in total. The number of benzene rings is 1. The highest BCUT2D eigenvalue weighted by Crippen LogP contribution is 2.26. The highest BCUT2D eigenvalue weighted by Gasteiger charge is 2.08. The van der Waals surface area contributed by atoms with E-state index in [0.717, 1.165) is 0 Å². The van der Waals surface area contributed by atoms with Gasteiger partial charge in [0.1, 0.15) is 9.84 Å². The van der Waals surface area contributed by atoms with Gasteiger partial charge < -0.3 is 10.8 Å². The summed E-state index contributed by atoms with van der Waals surface area (Å²) in [6, 6.07) is 4.40. The van der Waals surface area contributed by atoms with Crippen molar-refractivity contribution >= 4 is 33.3 Å². The number of carbonyl (C=O) groups is 1. The molecule has 0 unspecified atom stereocenters. The van der Waals surface area contributed by atoms with Crippen molar-refractivity contribution in [1.29, 1.82) is 0 Å². The highest BCUT2D eigenvalue weighted by atomic mass is 32.2. The highest BCUT2D eigenvalue weighted by molar-refractivity contribution is 8.00. The van der Waals surface area contributed by atoms with Gasteiger partial charge in [-0.15, -0.1) is 11.8 Å². The van der Waals surface area contributed by atoms with Gasteiger partial charge in [-0.25, -0.2) is 13.2 Å². The molecule has 1 aromatic rings. The lowest BCUT2D eigenvalue weighted by Gasteiger charge is -2.05. The third-order valence-corrected chi connectivity index (χ3v) is 4.26. The largest absolute Gasteiger partial charge is 0.478 e. The lowest BCUT2D eigenvalue weighted by atomic mass is 10.2. The summed E-state index contributed by atoms with van der Waals surface area (Å²) in [5.74, 6) is -0.572. The van der Waals surface area contributed by atoms with E-state index in [1.807, 2.05) is 0 Å². The van der Waals surface area contributed by atoms with Crippen LogP contribution in [0.3, 0.4) is 0 Å². The fraction of sp³-hybridized carbons (Fsp3) is 0.300. The standard InChI is InChI=1S/C10H13NO4S2/c1-17(14,15)5-4-16-9-3-2-7(10(12)13)6-8(9)11/h2-3,6H,4-5,11H2,1H3,(H,12,13). The number of rotatable bonds is 5.